The average molecular weight is 342 g/mol. The largest absolute Gasteiger partial charge is 0.478 e. The summed E-state index contributed by atoms with van der Waals surface area (Å²) in [5.41, 5.74) is 0.978. The third kappa shape index (κ3) is 7.78. The van der Waals surface area contributed by atoms with Gasteiger partial charge in [0.15, 0.2) is 0 Å². The van der Waals surface area contributed by atoms with Gasteiger partial charge in [-0.05, 0) is 49.5 Å². The smallest absolute Gasteiger partial charge is 0.328 e. The molecule has 0 spiro atoms. The molecule has 1 aliphatic rings. The number of hydrogen-bond acceptors (Lipinski definition) is 4. The number of benzene rings is 1. The number of piperidine rings is 1. The van der Waals surface area contributed by atoms with Gasteiger partial charge in [0.05, 0.1) is 6.10 Å². The number of nitrogens with one attached hydrogen (secondary N) is 1. The van der Waals surface area contributed by atoms with E-state index in [0.717, 1.165) is 36.5 Å². The van der Waals surface area contributed by atoms with Crippen molar-refractivity contribution in [3.05, 3.63) is 47.0 Å². The molecule has 23 heavy (non-hydrogen) atoms. The van der Waals surface area contributed by atoms with Gasteiger partial charge in [-0.1, -0.05) is 23.7 Å². The fourth-order valence-corrected chi connectivity index (χ4v) is 2.36. The van der Waals surface area contributed by atoms with Crippen LogP contribution in [0.4, 0.5) is 0 Å². The lowest BCUT2D eigenvalue weighted by atomic mass is 9.88. The summed E-state index contributed by atoms with van der Waals surface area (Å²) >= 11 is 5.81. The molecule has 0 amide bonds. The van der Waals surface area contributed by atoms with Crippen LogP contribution in [-0.2, 0) is 9.59 Å². The highest BCUT2D eigenvalue weighted by atomic mass is 35.5. The highest BCUT2D eigenvalue weighted by molar-refractivity contribution is 6.30. The SMILES string of the molecule is O=C(O)/C=C/C(=O)O.OC(c1ccc(Cl)cc1)C1CCNCC1. The molecule has 1 aliphatic heterocycles. The van der Waals surface area contributed by atoms with Gasteiger partial charge in [-0.15, -0.1) is 0 Å². The molecule has 7 heteroatoms. The Hall–Kier alpha value is -1.89. The van der Waals surface area contributed by atoms with Crippen LogP contribution in [0.3, 0.4) is 0 Å². The van der Waals surface area contributed by atoms with Crippen LogP contribution < -0.4 is 5.32 Å². The molecule has 4 N–H and O–H groups in total. The van der Waals surface area contributed by atoms with Gasteiger partial charge < -0.3 is 20.6 Å². The van der Waals surface area contributed by atoms with Gasteiger partial charge in [0.1, 0.15) is 0 Å². The maximum atomic E-state index is 10.2. The van der Waals surface area contributed by atoms with Gasteiger partial charge in [0.2, 0.25) is 0 Å². The van der Waals surface area contributed by atoms with E-state index >= 15 is 0 Å². The van der Waals surface area contributed by atoms with Crippen LogP contribution in [0.5, 0.6) is 0 Å². The number of carboxylic acid groups (broad SMARTS) is 2. The molecule has 0 aromatic heterocycles. The summed E-state index contributed by atoms with van der Waals surface area (Å²) in [7, 11) is 0. The van der Waals surface area contributed by atoms with Crippen molar-refractivity contribution in [3.63, 3.8) is 0 Å². The maximum Gasteiger partial charge on any atom is 0.328 e. The molecule has 2 rings (SSSR count). The Labute approximate surface area is 139 Å². The number of rotatable bonds is 4. The van der Waals surface area contributed by atoms with Crippen molar-refractivity contribution in [3.8, 4) is 0 Å². The minimum absolute atomic E-state index is 0.343. The first kappa shape index (κ1) is 19.2. The van der Waals surface area contributed by atoms with E-state index in [1.807, 2.05) is 24.3 Å². The standard InChI is InChI=1S/C12H16ClNO.C4H4O4/c13-11-3-1-9(2-4-11)12(15)10-5-7-14-8-6-10;5-3(6)1-2-4(7)8/h1-4,10,12,14-15H,5-8H2;1-2H,(H,5,6)(H,7,8)/b;2-1+. The summed E-state index contributed by atoms with van der Waals surface area (Å²) < 4.78 is 0. The summed E-state index contributed by atoms with van der Waals surface area (Å²) in [6.07, 6.45) is 2.86. The maximum absolute atomic E-state index is 10.2. The second kappa shape index (κ2) is 9.99. The van der Waals surface area contributed by atoms with Crippen molar-refractivity contribution in [2.24, 2.45) is 5.92 Å². The second-order valence-corrected chi connectivity index (χ2v) is 5.53. The zero-order chi connectivity index (χ0) is 17.2. The summed E-state index contributed by atoms with van der Waals surface area (Å²) in [6.45, 7) is 2.02. The average Bonchev–Trinajstić information content (AvgIpc) is 2.54. The molecular formula is C16H20ClNO5. The van der Waals surface area contributed by atoms with E-state index in [0.29, 0.717) is 18.1 Å². The summed E-state index contributed by atoms with van der Waals surface area (Å²) in [5, 5.41) is 29.8. The Kier molecular flexibility index (Phi) is 8.32. The molecule has 1 heterocycles. The highest BCUT2D eigenvalue weighted by Crippen LogP contribution is 2.29. The lowest BCUT2D eigenvalue weighted by Gasteiger charge is -2.27. The highest BCUT2D eigenvalue weighted by Gasteiger charge is 2.22. The van der Waals surface area contributed by atoms with Crippen molar-refractivity contribution >= 4 is 23.5 Å². The van der Waals surface area contributed by atoms with E-state index in [1.165, 1.54) is 0 Å². The Morgan fingerprint density at radius 2 is 1.57 bits per heavy atom. The number of carbonyl (C=O) groups is 2. The first-order valence-corrected chi connectivity index (χ1v) is 7.56. The first-order valence-electron chi connectivity index (χ1n) is 7.18. The minimum atomic E-state index is -1.26. The molecule has 1 saturated heterocycles. The van der Waals surface area contributed by atoms with E-state index < -0.39 is 11.9 Å². The molecule has 126 valence electrons. The first-order chi connectivity index (χ1) is 10.9. The number of hydrogen-bond donors (Lipinski definition) is 4. The molecule has 1 unspecified atom stereocenters. The minimum Gasteiger partial charge on any atom is -0.478 e. The summed E-state index contributed by atoms with van der Waals surface area (Å²) in [5.74, 6) is -2.13. The van der Waals surface area contributed by atoms with Crippen LogP contribution in [0, 0.1) is 5.92 Å². The molecule has 1 aromatic carbocycles. The third-order valence-corrected chi connectivity index (χ3v) is 3.66. The van der Waals surface area contributed by atoms with Crippen LogP contribution in [0.1, 0.15) is 24.5 Å². The molecule has 0 radical (unpaired) electrons. The zero-order valence-corrected chi connectivity index (χ0v) is 13.2. The number of aliphatic hydroxyl groups is 1. The molecule has 0 saturated carbocycles. The van der Waals surface area contributed by atoms with Crippen molar-refractivity contribution in [1.29, 1.82) is 0 Å². The Balaban J connectivity index is 0.000000284. The van der Waals surface area contributed by atoms with Crippen LogP contribution >= 0.6 is 11.6 Å². The zero-order valence-electron chi connectivity index (χ0n) is 12.5. The van der Waals surface area contributed by atoms with Gasteiger partial charge in [0.25, 0.3) is 0 Å². The number of aliphatic carboxylic acids is 2. The van der Waals surface area contributed by atoms with E-state index in [2.05, 4.69) is 5.32 Å². The molecule has 6 nitrogen and oxygen atoms in total. The van der Waals surface area contributed by atoms with Crippen molar-refractivity contribution in [2.45, 2.75) is 18.9 Å². The van der Waals surface area contributed by atoms with Crippen LogP contribution in [0.2, 0.25) is 5.02 Å². The van der Waals surface area contributed by atoms with Crippen molar-refractivity contribution in [1.82, 2.24) is 5.32 Å². The fraction of sp³-hybridized carbons (Fsp3) is 0.375. The lowest BCUT2D eigenvalue weighted by Crippen LogP contribution is -2.30. The molecule has 1 fully saturated rings. The topological polar surface area (TPSA) is 107 Å². The van der Waals surface area contributed by atoms with E-state index in [1.54, 1.807) is 0 Å². The van der Waals surface area contributed by atoms with Gasteiger partial charge in [-0.25, -0.2) is 9.59 Å². The summed E-state index contributed by atoms with van der Waals surface area (Å²) in [6, 6.07) is 7.49. The van der Waals surface area contributed by atoms with Gasteiger partial charge >= 0.3 is 11.9 Å². The van der Waals surface area contributed by atoms with Gasteiger partial charge in [-0.2, -0.15) is 0 Å². The molecule has 0 aliphatic carbocycles. The van der Waals surface area contributed by atoms with Crippen LogP contribution in [0.15, 0.2) is 36.4 Å². The van der Waals surface area contributed by atoms with E-state index in [-0.39, 0.29) is 6.10 Å². The van der Waals surface area contributed by atoms with E-state index in [9.17, 15) is 14.7 Å². The Bertz CT molecular complexity index is 522. The Morgan fingerprint density at radius 1 is 1.09 bits per heavy atom. The predicted octanol–water partition coefficient (Wildman–Crippen LogP) is 2.08. The van der Waals surface area contributed by atoms with E-state index in [4.69, 9.17) is 21.8 Å². The second-order valence-electron chi connectivity index (χ2n) is 5.09. The molecular weight excluding hydrogens is 322 g/mol. The fourth-order valence-electron chi connectivity index (χ4n) is 2.23. The quantitative estimate of drug-likeness (QED) is 0.625. The molecule has 1 aromatic rings. The van der Waals surface area contributed by atoms with Crippen molar-refractivity contribution < 1.29 is 24.9 Å². The third-order valence-electron chi connectivity index (χ3n) is 3.41. The molecule has 0 bridgehead atoms. The van der Waals surface area contributed by atoms with Crippen LogP contribution in [-0.4, -0.2) is 40.3 Å². The lowest BCUT2D eigenvalue weighted by molar-refractivity contribution is -0.134. The molecule has 1 atom stereocenters. The van der Waals surface area contributed by atoms with Gasteiger partial charge in [0, 0.05) is 17.2 Å². The number of halogens is 1. The summed E-state index contributed by atoms with van der Waals surface area (Å²) in [4.78, 5) is 19.1. The number of aliphatic hydroxyl groups excluding tert-OH is 1. The monoisotopic (exact) mass is 341 g/mol. The normalized spacial score (nSPS) is 16.4. The predicted molar refractivity (Wildman–Crippen MR) is 86.4 cm³/mol. The Morgan fingerprint density at radius 3 is 2.00 bits per heavy atom. The van der Waals surface area contributed by atoms with Crippen LogP contribution in [0.25, 0.3) is 0 Å². The van der Waals surface area contributed by atoms with Crippen molar-refractivity contribution in [2.75, 3.05) is 13.1 Å². The number of carboxylic acids is 2. The van der Waals surface area contributed by atoms with Gasteiger partial charge in [-0.3, -0.25) is 0 Å².